The van der Waals surface area contributed by atoms with Gasteiger partial charge in [0.2, 0.25) is 0 Å². The number of aromatic nitrogens is 2. The molecule has 3 nitrogen and oxygen atoms in total. The molecule has 0 saturated heterocycles. The molecule has 2 aromatic heterocycles. The van der Waals surface area contributed by atoms with Crippen molar-refractivity contribution in [1.29, 1.82) is 0 Å². The monoisotopic (exact) mass is 242 g/mol. The van der Waals surface area contributed by atoms with Crippen LogP contribution < -0.4 is 0 Å². The van der Waals surface area contributed by atoms with Gasteiger partial charge in [-0.25, -0.2) is 9.97 Å². The summed E-state index contributed by atoms with van der Waals surface area (Å²) in [5, 5.41) is 0.757. The lowest BCUT2D eigenvalue weighted by atomic mass is 10.2. The average molecular weight is 243 g/mol. The van der Waals surface area contributed by atoms with Crippen LogP contribution in [0.5, 0.6) is 0 Å². The third-order valence-corrected chi connectivity index (χ3v) is 2.63. The van der Waals surface area contributed by atoms with E-state index in [0.29, 0.717) is 28.3 Å². The number of hydrogen-bond acceptors (Lipinski definition) is 3. The third kappa shape index (κ3) is 1.98. The SMILES string of the molecule is CCc1c(Cl)nc(-c2ccco2)nc1Cl. The molecule has 2 heterocycles. The summed E-state index contributed by atoms with van der Waals surface area (Å²) in [6.07, 6.45) is 2.25. The molecule has 2 aromatic rings. The standard InChI is InChI=1S/C10H8Cl2N2O/c1-2-6-8(11)13-10(14-9(6)12)7-4-3-5-15-7/h3-5H,2H2,1H3. The van der Waals surface area contributed by atoms with Gasteiger partial charge >= 0.3 is 0 Å². The zero-order valence-corrected chi connectivity index (χ0v) is 9.51. The van der Waals surface area contributed by atoms with Crippen LogP contribution in [-0.2, 0) is 6.42 Å². The first kappa shape index (κ1) is 10.5. The summed E-state index contributed by atoms with van der Waals surface area (Å²) in [7, 11) is 0. The van der Waals surface area contributed by atoms with E-state index in [1.54, 1.807) is 18.4 Å². The Labute approximate surface area is 97.1 Å². The van der Waals surface area contributed by atoms with Gasteiger partial charge < -0.3 is 4.42 Å². The number of halogens is 2. The Morgan fingerprint density at radius 2 is 1.93 bits per heavy atom. The minimum atomic E-state index is 0.379. The minimum Gasteiger partial charge on any atom is -0.461 e. The first-order chi connectivity index (χ1) is 7.22. The predicted octanol–water partition coefficient (Wildman–Crippen LogP) is 3.61. The zero-order chi connectivity index (χ0) is 10.8. The summed E-state index contributed by atoms with van der Waals surface area (Å²) >= 11 is 11.9. The first-order valence-electron chi connectivity index (χ1n) is 4.48. The quantitative estimate of drug-likeness (QED) is 0.756. The second-order valence-corrected chi connectivity index (χ2v) is 3.65. The van der Waals surface area contributed by atoms with Gasteiger partial charge in [0.1, 0.15) is 10.3 Å². The largest absolute Gasteiger partial charge is 0.461 e. The Morgan fingerprint density at radius 3 is 2.40 bits per heavy atom. The van der Waals surface area contributed by atoms with E-state index < -0.39 is 0 Å². The predicted molar refractivity (Wildman–Crippen MR) is 59.1 cm³/mol. The Kier molecular flexibility index (Phi) is 2.93. The molecule has 0 radical (unpaired) electrons. The van der Waals surface area contributed by atoms with Gasteiger partial charge in [0.05, 0.1) is 6.26 Å². The molecular weight excluding hydrogens is 235 g/mol. The summed E-state index contributed by atoms with van der Waals surface area (Å²) in [6.45, 7) is 1.95. The van der Waals surface area contributed by atoms with Crippen molar-refractivity contribution in [1.82, 2.24) is 9.97 Å². The molecule has 2 rings (SSSR count). The summed E-state index contributed by atoms with van der Waals surface area (Å²) in [4.78, 5) is 8.25. The molecule has 0 aliphatic carbocycles. The van der Waals surface area contributed by atoms with Gasteiger partial charge in [0.15, 0.2) is 11.6 Å². The molecule has 5 heteroatoms. The smallest absolute Gasteiger partial charge is 0.198 e. The molecule has 0 atom stereocenters. The van der Waals surface area contributed by atoms with Crippen LogP contribution in [0.25, 0.3) is 11.6 Å². The van der Waals surface area contributed by atoms with Gasteiger partial charge in [-0.1, -0.05) is 30.1 Å². The lowest BCUT2D eigenvalue weighted by molar-refractivity contribution is 0.577. The lowest BCUT2D eigenvalue weighted by Gasteiger charge is -2.04. The Morgan fingerprint density at radius 1 is 1.27 bits per heavy atom. The van der Waals surface area contributed by atoms with Gasteiger partial charge in [-0.3, -0.25) is 0 Å². The van der Waals surface area contributed by atoms with Gasteiger partial charge in [-0.05, 0) is 18.6 Å². The Bertz CT molecular complexity index is 445. The molecule has 0 aromatic carbocycles. The maximum absolute atomic E-state index is 5.97. The van der Waals surface area contributed by atoms with E-state index in [2.05, 4.69) is 9.97 Å². The maximum Gasteiger partial charge on any atom is 0.198 e. The van der Waals surface area contributed by atoms with Crippen molar-refractivity contribution in [2.24, 2.45) is 0 Å². The molecular formula is C10H8Cl2N2O. The fourth-order valence-corrected chi connectivity index (χ4v) is 1.89. The van der Waals surface area contributed by atoms with Crippen LogP contribution in [0.15, 0.2) is 22.8 Å². The van der Waals surface area contributed by atoms with Crippen LogP contribution in [0.1, 0.15) is 12.5 Å². The highest BCUT2D eigenvalue weighted by atomic mass is 35.5. The fourth-order valence-electron chi connectivity index (χ4n) is 1.24. The normalized spacial score (nSPS) is 10.6. The van der Waals surface area contributed by atoms with Gasteiger partial charge in [-0.15, -0.1) is 0 Å². The van der Waals surface area contributed by atoms with E-state index in [-0.39, 0.29) is 0 Å². The number of rotatable bonds is 2. The second-order valence-electron chi connectivity index (χ2n) is 2.94. The van der Waals surface area contributed by atoms with E-state index in [1.165, 1.54) is 0 Å². The molecule has 0 spiro atoms. The molecule has 0 fully saturated rings. The fraction of sp³-hybridized carbons (Fsp3) is 0.200. The average Bonchev–Trinajstić information content (AvgIpc) is 2.69. The topological polar surface area (TPSA) is 38.9 Å². The molecule has 15 heavy (non-hydrogen) atoms. The molecule has 0 bridgehead atoms. The Hall–Kier alpha value is -1.06. The summed E-state index contributed by atoms with van der Waals surface area (Å²) in [5.74, 6) is 0.966. The van der Waals surface area contributed by atoms with Crippen LogP contribution in [0.3, 0.4) is 0 Å². The van der Waals surface area contributed by atoms with Crippen LogP contribution >= 0.6 is 23.2 Å². The van der Waals surface area contributed by atoms with Crippen LogP contribution in [0.4, 0.5) is 0 Å². The summed E-state index contributed by atoms with van der Waals surface area (Å²) in [5.41, 5.74) is 0.758. The lowest BCUT2D eigenvalue weighted by Crippen LogP contribution is -1.95. The van der Waals surface area contributed by atoms with Gasteiger partial charge in [0, 0.05) is 5.56 Å². The highest BCUT2D eigenvalue weighted by molar-refractivity contribution is 6.34. The van der Waals surface area contributed by atoms with E-state index >= 15 is 0 Å². The van der Waals surface area contributed by atoms with Crippen LogP contribution in [0, 0.1) is 0 Å². The van der Waals surface area contributed by atoms with E-state index in [9.17, 15) is 0 Å². The molecule has 78 valence electrons. The summed E-state index contributed by atoms with van der Waals surface area (Å²) in [6, 6.07) is 3.52. The van der Waals surface area contributed by atoms with Crippen LogP contribution in [-0.4, -0.2) is 9.97 Å². The molecule has 0 N–H and O–H groups in total. The highest BCUT2D eigenvalue weighted by Crippen LogP contribution is 2.25. The van der Waals surface area contributed by atoms with Crippen molar-refractivity contribution < 1.29 is 4.42 Å². The molecule has 0 aliphatic rings. The van der Waals surface area contributed by atoms with Crippen LogP contribution in [0.2, 0.25) is 10.3 Å². The van der Waals surface area contributed by atoms with Gasteiger partial charge in [0.25, 0.3) is 0 Å². The van der Waals surface area contributed by atoms with Crippen molar-refractivity contribution >= 4 is 23.2 Å². The third-order valence-electron chi connectivity index (χ3n) is 2.00. The molecule has 0 amide bonds. The van der Waals surface area contributed by atoms with E-state index in [0.717, 1.165) is 5.56 Å². The first-order valence-corrected chi connectivity index (χ1v) is 5.23. The van der Waals surface area contributed by atoms with Crippen molar-refractivity contribution in [3.63, 3.8) is 0 Å². The number of hydrogen-bond donors (Lipinski definition) is 0. The maximum atomic E-state index is 5.97. The van der Waals surface area contributed by atoms with Crippen molar-refractivity contribution in [3.05, 3.63) is 34.3 Å². The highest BCUT2D eigenvalue weighted by Gasteiger charge is 2.12. The summed E-state index contributed by atoms with van der Waals surface area (Å²) < 4.78 is 5.16. The van der Waals surface area contributed by atoms with Gasteiger partial charge in [-0.2, -0.15) is 0 Å². The molecule has 0 aliphatic heterocycles. The minimum absolute atomic E-state index is 0.379. The van der Waals surface area contributed by atoms with Crippen molar-refractivity contribution in [3.8, 4) is 11.6 Å². The molecule has 0 saturated carbocycles. The van der Waals surface area contributed by atoms with Crippen molar-refractivity contribution in [2.75, 3.05) is 0 Å². The van der Waals surface area contributed by atoms with E-state index in [4.69, 9.17) is 27.6 Å². The number of nitrogens with zero attached hydrogens (tertiary/aromatic N) is 2. The second kappa shape index (κ2) is 4.21. The molecule has 0 unspecified atom stereocenters. The number of furan rings is 1. The Balaban J connectivity index is 2.53. The van der Waals surface area contributed by atoms with E-state index in [1.807, 2.05) is 6.92 Å². The zero-order valence-electron chi connectivity index (χ0n) is 8.00. The van der Waals surface area contributed by atoms with Crippen molar-refractivity contribution in [2.45, 2.75) is 13.3 Å².